The van der Waals surface area contributed by atoms with Crippen LogP contribution in [-0.4, -0.2) is 30.1 Å². The summed E-state index contributed by atoms with van der Waals surface area (Å²) >= 11 is 0. The lowest BCUT2D eigenvalue weighted by Crippen LogP contribution is -2.44. The van der Waals surface area contributed by atoms with E-state index in [9.17, 15) is 14.0 Å². The van der Waals surface area contributed by atoms with Gasteiger partial charge in [0, 0.05) is 6.54 Å². The number of ether oxygens (including phenoxy) is 2. The van der Waals surface area contributed by atoms with Crippen LogP contribution in [0.4, 0.5) is 4.39 Å². The molecule has 0 aliphatic heterocycles. The van der Waals surface area contributed by atoms with E-state index in [0.29, 0.717) is 5.75 Å². The van der Waals surface area contributed by atoms with Gasteiger partial charge in [-0.25, -0.2) is 9.18 Å². The van der Waals surface area contributed by atoms with Crippen LogP contribution >= 0.6 is 0 Å². The fraction of sp³-hybridized carbons (Fsp3) is 0.375. The normalized spacial score (nSPS) is 12.2. The smallest absolute Gasteiger partial charge is 0.350 e. The number of rotatable bonds is 7. The van der Waals surface area contributed by atoms with Crippen LogP contribution in [0.2, 0.25) is 0 Å². The average molecular weight is 309 g/mol. The van der Waals surface area contributed by atoms with E-state index in [0.717, 1.165) is 0 Å². The van der Waals surface area contributed by atoms with E-state index in [-0.39, 0.29) is 6.54 Å². The first-order valence-corrected chi connectivity index (χ1v) is 6.80. The zero-order valence-corrected chi connectivity index (χ0v) is 12.9. The van der Waals surface area contributed by atoms with Crippen molar-refractivity contribution in [3.8, 4) is 5.75 Å². The third-order valence-corrected chi connectivity index (χ3v) is 2.75. The molecule has 1 aromatic carbocycles. The van der Waals surface area contributed by atoms with Gasteiger partial charge in [0.25, 0.3) is 5.91 Å². The number of esters is 1. The lowest BCUT2D eigenvalue weighted by atomic mass is 10.1. The summed E-state index contributed by atoms with van der Waals surface area (Å²) in [5.74, 6) is -1.20. The summed E-state index contributed by atoms with van der Waals surface area (Å²) in [6.45, 7) is 8.24. The van der Waals surface area contributed by atoms with Crippen LogP contribution in [0.25, 0.3) is 0 Å². The number of halogens is 1. The molecule has 1 N–H and O–H groups in total. The molecule has 0 unspecified atom stereocenters. The monoisotopic (exact) mass is 309 g/mol. The first-order valence-electron chi connectivity index (χ1n) is 6.80. The van der Waals surface area contributed by atoms with Gasteiger partial charge in [0.15, 0.2) is 11.7 Å². The largest absolute Gasteiger partial charge is 0.476 e. The molecular formula is C16H20FNO4. The third-order valence-electron chi connectivity index (χ3n) is 2.75. The van der Waals surface area contributed by atoms with Crippen molar-refractivity contribution in [3.05, 3.63) is 42.7 Å². The quantitative estimate of drug-likeness (QED) is 0.619. The molecular weight excluding hydrogens is 289 g/mol. The number of benzene rings is 1. The molecule has 0 aliphatic rings. The molecule has 22 heavy (non-hydrogen) atoms. The van der Waals surface area contributed by atoms with Crippen LogP contribution < -0.4 is 10.1 Å². The molecule has 0 aromatic heterocycles. The first-order chi connectivity index (χ1) is 10.3. The summed E-state index contributed by atoms with van der Waals surface area (Å²) < 4.78 is 23.4. The molecule has 1 amide bonds. The second kappa shape index (κ2) is 7.59. The Labute approximate surface area is 129 Å². The van der Waals surface area contributed by atoms with Crippen LogP contribution in [0.3, 0.4) is 0 Å². The van der Waals surface area contributed by atoms with E-state index in [2.05, 4.69) is 11.9 Å². The zero-order valence-electron chi connectivity index (χ0n) is 12.9. The molecule has 0 saturated heterocycles. The minimum absolute atomic E-state index is 0.288. The van der Waals surface area contributed by atoms with Crippen molar-refractivity contribution in [2.24, 2.45) is 0 Å². The zero-order chi connectivity index (χ0) is 16.8. The highest BCUT2D eigenvalue weighted by molar-refractivity contribution is 5.86. The number of nitrogens with one attached hydrogen (secondary N) is 1. The Morgan fingerprint density at radius 2 is 1.95 bits per heavy atom. The van der Waals surface area contributed by atoms with Crippen molar-refractivity contribution in [1.82, 2.24) is 5.32 Å². The summed E-state index contributed by atoms with van der Waals surface area (Å²) in [5, 5.41) is 2.53. The second-order valence-corrected chi connectivity index (χ2v) is 5.15. The summed E-state index contributed by atoms with van der Waals surface area (Å²) in [7, 11) is 0. The van der Waals surface area contributed by atoms with Gasteiger partial charge in [-0.15, -0.1) is 6.58 Å². The topological polar surface area (TPSA) is 64.6 Å². The fourth-order valence-electron chi connectivity index (χ4n) is 1.51. The Balaban J connectivity index is 2.63. The molecule has 1 atom stereocenters. The fourth-order valence-corrected chi connectivity index (χ4v) is 1.51. The van der Waals surface area contributed by atoms with E-state index in [1.165, 1.54) is 51.1 Å². The summed E-state index contributed by atoms with van der Waals surface area (Å²) in [4.78, 5) is 23.7. The van der Waals surface area contributed by atoms with E-state index < -0.39 is 29.4 Å². The molecule has 1 aromatic rings. The molecule has 120 valence electrons. The molecule has 0 spiro atoms. The van der Waals surface area contributed by atoms with Crippen LogP contribution in [-0.2, 0) is 14.3 Å². The molecule has 0 aliphatic carbocycles. The minimum Gasteiger partial charge on any atom is -0.476 e. The predicted molar refractivity (Wildman–Crippen MR) is 79.9 cm³/mol. The third kappa shape index (κ3) is 5.20. The van der Waals surface area contributed by atoms with E-state index in [4.69, 9.17) is 9.47 Å². The van der Waals surface area contributed by atoms with Crippen molar-refractivity contribution < 1.29 is 23.5 Å². The second-order valence-electron chi connectivity index (χ2n) is 5.15. The minimum atomic E-state index is -1.31. The van der Waals surface area contributed by atoms with Gasteiger partial charge in [0.05, 0.1) is 0 Å². The summed E-state index contributed by atoms with van der Waals surface area (Å²) in [6, 6.07) is 5.26. The lowest BCUT2D eigenvalue weighted by molar-refractivity contribution is -0.167. The number of hydrogen-bond donors (Lipinski definition) is 1. The van der Waals surface area contributed by atoms with Crippen molar-refractivity contribution >= 4 is 11.9 Å². The van der Waals surface area contributed by atoms with Gasteiger partial charge in [-0.05, 0) is 45.0 Å². The van der Waals surface area contributed by atoms with E-state index >= 15 is 0 Å². The van der Waals surface area contributed by atoms with Gasteiger partial charge >= 0.3 is 5.97 Å². The highest BCUT2D eigenvalue weighted by Gasteiger charge is 2.34. The van der Waals surface area contributed by atoms with Gasteiger partial charge in [0.2, 0.25) is 0 Å². The van der Waals surface area contributed by atoms with Gasteiger partial charge in [-0.3, -0.25) is 4.79 Å². The molecule has 1 rings (SSSR count). The van der Waals surface area contributed by atoms with Crippen molar-refractivity contribution in [2.75, 3.05) is 6.54 Å². The molecule has 0 radical (unpaired) electrons. The van der Waals surface area contributed by atoms with Crippen LogP contribution in [0.1, 0.15) is 20.8 Å². The Bertz CT molecular complexity index is 540. The molecule has 0 bridgehead atoms. The van der Waals surface area contributed by atoms with Crippen LogP contribution in [0, 0.1) is 5.82 Å². The van der Waals surface area contributed by atoms with Gasteiger partial charge in [-0.2, -0.15) is 0 Å². The Hall–Kier alpha value is -2.37. The predicted octanol–water partition coefficient (Wildman–Crippen LogP) is 2.22. The molecule has 0 heterocycles. The molecule has 0 saturated carbocycles. The molecule has 5 nitrogen and oxygen atoms in total. The number of carbonyl (C=O) groups excluding carboxylic acids is 2. The van der Waals surface area contributed by atoms with Gasteiger partial charge < -0.3 is 14.8 Å². The number of amides is 1. The first kappa shape index (κ1) is 17.7. The van der Waals surface area contributed by atoms with Crippen molar-refractivity contribution in [3.63, 3.8) is 0 Å². The van der Waals surface area contributed by atoms with E-state index in [1.54, 1.807) is 0 Å². The summed E-state index contributed by atoms with van der Waals surface area (Å²) in [5.41, 5.74) is -1.31. The summed E-state index contributed by atoms with van der Waals surface area (Å²) in [6.07, 6.45) is 0.567. The standard InChI is InChI=1S/C16H20FNO4/c1-5-10-18-14(19)11(2)21-15(20)16(3,4)22-13-8-6-12(17)7-9-13/h5-9,11H,1,10H2,2-4H3,(H,18,19)/t11-/m1/s1. The highest BCUT2D eigenvalue weighted by atomic mass is 19.1. The SMILES string of the molecule is C=CCNC(=O)[C@@H](C)OC(=O)C(C)(C)Oc1ccc(F)cc1. The lowest BCUT2D eigenvalue weighted by Gasteiger charge is -2.26. The maximum Gasteiger partial charge on any atom is 0.350 e. The Kier molecular flexibility index (Phi) is 6.10. The van der Waals surface area contributed by atoms with Gasteiger partial charge in [-0.1, -0.05) is 6.08 Å². The number of carbonyl (C=O) groups is 2. The van der Waals surface area contributed by atoms with Gasteiger partial charge in [0.1, 0.15) is 11.6 Å². The average Bonchev–Trinajstić information content (AvgIpc) is 2.46. The van der Waals surface area contributed by atoms with Crippen LogP contribution in [0.5, 0.6) is 5.75 Å². The van der Waals surface area contributed by atoms with Crippen molar-refractivity contribution in [1.29, 1.82) is 0 Å². The Morgan fingerprint density at radius 1 is 1.36 bits per heavy atom. The van der Waals surface area contributed by atoms with Crippen LogP contribution in [0.15, 0.2) is 36.9 Å². The van der Waals surface area contributed by atoms with Crippen molar-refractivity contribution in [2.45, 2.75) is 32.5 Å². The molecule has 0 fully saturated rings. The molecule has 6 heteroatoms. The maximum absolute atomic E-state index is 12.8. The number of hydrogen-bond acceptors (Lipinski definition) is 4. The Morgan fingerprint density at radius 3 is 2.50 bits per heavy atom. The van der Waals surface area contributed by atoms with E-state index in [1.807, 2.05) is 0 Å². The highest BCUT2D eigenvalue weighted by Crippen LogP contribution is 2.20. The maximum atomic E-state index is 12.8.